The zero-order chi connectivity index (χ0) is 24.5. The highest BCUT2D eigenvalue weighted by atomic mass is 16.1. The Balaban J connectivity index is 1.27. The molecule has 1 saturated heterocycles. The number of piperazine rings is 1. The van der Waals surface area contributed by atoms with Crippen molar-refractivity contribution in [1.29, 1.82) is 0 Å². The molecule has 0 amide bonds. The predicted octanol–water partition coefficient (Wildman–Crippen LogP) is 4.66. The molecular weight excluding hydrogens is 448 g/mol. The highest BCUT2D eigenvalue weighted by Gasteiger charge is 2.30. The van der Waals surface area contributed by atoms with Crippen molar-refractivity contribution in [1.82, 2.24) is 24.9 Å². The number of carbonyl (C=O) groups excluding carboxylic acids is 1. The van der Waals surface area contributed by atoms with Gasteiger partial charge >= 0.3 is 0 Å². The van der Waals surface area contributed by atoms with Crippen LogP contribution in [0.2, 0.25) is 0 Å². The number of benzene rings is 2. The smallest absolute Gasteiger partial charge is 0.179 e. The van der Waals surface area contributed by atoms with Crippen LogP contribution in [0.1, 0.15) is 53.8 Å². The van der Waals surface area contributed by atoms with E-state index in [-0.39, 0.29) is 11.8 Å². The molecule has 0 radical (unpaired) electrons. The first-order chi connectivity index (χ1) is 17.7. The zero-order valence-electron chi connectivity index (χ0n) is 20.9. The van der Waals surface area contributed by atoms with E-state index in [0.717, 1.165) is 32.5 Å². The summed E-state index contributed by atoms with van der Waals surface area (Å²) in [5, 5.41) is 13.0. The average Bonchev–Trinajstić information content (AvgIpc) is 3.53. The lowest BCUT2D eigenvalue weighted by atomic mass is 9.93. The number of nitrogens with one attached hydrogen (secondary N) is 1. The SMILES string of the molecule is CCc1nn(C2CCC2)c2cc(N3CCN(CC(=O)c4cn[nH]c4)[C@@H](Cc4ccccc4)C3)ccc12. The van der Waals surface area contributed by atoms with Crippen molar-refractivity contribution in [3.63, 3.8) is 0 Å². The van der Waals surface area contributed by atoms with E-state index < -0.39 is 0 Å². The van der Waals surface area contributed by atoms with E-state index >= 15 is 0 Å². The molecule has 1 saturated carbocycles. The molecule has 0 unspecified atom stereocenters. The van der Waals surface area contributed by atoms with Gasteiger partial charge in [0.1, 0.15) is 0 Å². The van der Waals surface area contributed by atoms with Gasteiger partial charge in [-0.25, -0.2) is 0 Å². The van der Waals surface area contributed by atoms with Crippen molar-refractivity contribution >= 4 is 22.4 Å². The topological polar surface area (TPSA) is 70.1 Å². The van der Waals surface area contributed by atoms with Crippen LogP contribution in [0.5, 0.6) is 0 Å². The van der Waals surface area contributed by atoms with Crippen LogP contribution in [0.15, 0.2) is 60.9 Å². The number of hydrogen-bond donors (Lipinski definition) is 1. The Morgan fingerprint density at radius 2 is 1.97 bits per heavy atom. The number of nitrogens with zero attached hydrogens (tertiary/aromatic N) is 5. The van der Waals surface area contributed by atoms with Gasteiger partial charge in [0.2, 0.25) is 0 Å². The summed E-state index contributed by atoms with van der Waals surface area (Å²) >= 11 is 0. The number of rotatable bonds is 8. The molecule has 4 aromatic rings. The van der Waals surface area contributed by atoms with Crippen molar-refractivity contribution in [2.75, 3.05) is 31.1 Å². The Bertz CT molecular complexity index is 1320. The van der Waals surface area contributed by atoms with Crippen LogP contribution in [-0.4, -0.2) is 62.9 Å². The van der Waals surface area contributed by atoms with Gasteiger partial charge in [0, 0.05) is 42.9 Å². The summed E-state index contributed by atoms with van der Waals surface area (Å²) in [7, 11) is 0. The van der Waals surface area contributed by atoms with E-state index in [2.05, 4.69) is 80.1 Å². The Morgan fingerprint density at radius 1 is 1.11 bits per heavy atom. The normalized spacial score (nSPS) is 19.0. The second-order valence-electron chi connectivity index (χ2n) is 10.2. The van der Waals surface area contributed by atoms with Crippen LogP contribution in [-0.2, 0) is 12.8 Å². The van der Waals surface area contributed by atoms with Gasteiger partial charge in [-0.3, -0.25) is 19.5 Å². The molecule has 1 aliphatic heterocycles. The molecule has 1 N–H and O–H groups in total. The lowest BCUT2D eigenvalue weighted by molar-refractivity contribution is 0.0875. The zero-order valence-corrected chi connectivity index (χ0v) is 20.9. The van der Waals surface area contributed by atoms with Crippen molar-refractivity contribution in [3.8, 4) is 0 Å². The van der Waals surface area contributed by atoms with Crippen molar-refractivity contribution in [3.05, 3.63) is 77.7 Å². The first kappa shape index (κ1) is 23.0. The fraction of sp³-hybridized carbons (Fsp3) is 0.414. The van der Waals surface area contributed by atoms with E-state index in [0.29, 0.717) is 18.2 Å². The minimum absolute atomic E-state index is 0.119. The van der Waals surface area contributed by atoms with Gasteiger partial charge in [0.15, 0.2) is 5.78 Å². The number of aromatic amines is 1. The number of hydrogen-bond acceptors (Lipinski definition) is 5. The molecule has 2 aromatic heterocycles. The monoisotopic (exact) mass is 482 g/mol. The first-order valence-electron chi connectivity index (χ1n) is 13.3. The molecule has 3 heterocycles. The molecule has 7 nitrogen and oxygen atoms in total. The van der Waals surface area contributed by atoms with E-state index in [1.807, 2.05) is 0 Å². The molecule has 7 heteroatoms. The summed E-state index contributed by atoms with van der Waals surface area (Å²) in [6, 6.07) is 18.3. The highest BCUT2D eigenvalue weighted by Crippen LogP contribution is 2.36. The molecule has 1 aliphatic carbocycles. The summed E-state index contributed by atoms with van der Waals surface area (Å²) < 4.78 is 2.29. The molecule has 2 aromatic carbocycles. The molecule has 0 spiro atoms. The van der Waals surface area contributed by atoms with Gasteiger partial charge in [0.05, 0.1) is 35.6 Å². The Hall–Kier alpha value is -3.45. The van der Waals surface area contributed by atoms with Gasteiger partial charge < -0.3 is 4.90 Å². The van der Waals surface area contributed by atoms with Crippen LogP contribution >= 0.6 is 0 Å². The molecule has 0 bridgehead atoms. The molecule has 1 atom stereocenters. The van der Waals surface area contributed by atoms with Gasteiger partial charge in [-0.1, -0.05) is 37.3 Å². The van der Waals surface area contributed by atoms with E-state index in [1.165, 1.54) is 47.1 Å². The third kappa shape index (κ3) is 4.44. The lowest BCUT2D eigenvalue weighted by Gasteiger charge is -2.42. The highest BCUT2D eigenvalue weighted by molar-refractivity contribution is 5.97. The van der Waals surface area contributed by atoms with E-state index in [1.54, 1.807) is 12.4 Å². The van der Waals surface area contributed by atoms with E-state index in [4.69, 9.17) is 5.10 Å². The lowest BCUT2D eigenvalue weighted by Crippen LogP contribution is -2.55. The van der Waals surface area contributed by atoms with Gasteiger partial charge in [0.25, 0.3) is 0 Å². The number of aromatic nitrogens is 4. The van der Waals surface area contributed by atoms with E-state index in [9.17, 15) is 4.79 Å². The fourth-order valence-electron chi connectivity index (χ4n) is 5.65. The second-order valence-corrected chi connectivity index (χ2v) is 10.2. The standard InChI is InChI=1S/C29H34N6O/c1-2-27-26-12-11-24(16-28(26)35(32-27)23-9-6-10-23)33-13-14-34(20-29(36)22-17-30-31-18-22)25(19-33)15-21-7-4-3-5-8-21/h3-5,7-8,11-12,16-18,23,25H,2,6,9-10,13-15,19-20H2,1H3,(H,30,31)/t25-/m0/s1. The number of fused-ring (bicyclic) bond motifs is 1. The van der Waals surface area contributed by atoms with Gasteiger partial charge in [-0.05, 0) is 55.9 Å². The van der Waals surface area contributed by atoms with Crippen LogP contribution in [0.4, 0.5) is 5.69 Å². The summed E-state index contributed by atoms with van der Waals surface area (Å²) in [6.45, 7) is 5.24. The van der Waals surface area contributed by atoms with Crippen molar-refractivity contribution < 1.29 is 4.79 Å². The van der Waals surface area contributed by atoms with Crippen LogP contribution in [0.25, 0.3) is 10.9 Å². The quantitative estimate of drug-likeness (QED) is 0.370. The van der Waals surface area contributed by atoms with Crippen LogP contribution in [0.3, 0.4) is 0 Å². The summed E-state index contributed by atoms with van der Waals surface area (Å²) in [5.41, 5.74) is 5.68. The molecule has 186 valence electrons. The number of Topliss-reactive ketones (excluding diaryl/α,β-unsaturated/α-hetero) is 1. The molecule has 36 heavy (non-hydrogen) atoms. The molecule has 2 aliphatic rings. The second kappa shape index (κ2) is 9.90. The van der Waals surface area contributed by atoms with Gasteiger partial charge in [-0.2, -0.15) is 10.2 Å². The summed E-state index contributed by atoms with van der Waals surface area (Å²) in [4.78, 5) is 17.8. The first-order valence-corrected chi connectivity index (χ1v) is 13.3. The molecule has 2 fully saturated rings. The number of carbonyl (C=O) groups is 1. The number of ketones is 1. The largest absolute Gasteiger partial charge is 0.369 e. The predicted molar refractivity (Wildman–Crippen MR) is 143 cm³/mol. The molecular formula is C29H34N6O. The Kier molecular flexibility index (Phi) is 6.32. The maximum atomic E-state index is 12.9. The average molecular weight is 483 g/mol. The maximum absolute atomic E-state index is 12.9. The number of H-pyrrole nitrogens is 1. The Morgan fingerprint density at radius 3 is 2.69 bits per heavy atom. The Labute approximate surface area is 212 Å². The third-order valence-electron chi connectivity index (χ3n) is 7.97. The number of anilines is 1. The minimum Gasteiger partial charge on any atom is -0.369 e. The fourth-order valence-corrected chi connectivity index (χ4v) is 5.65. The van der Waals surface area contributed by atoms with Crippen molar-refractivity contribution in [2.24, 2.45) is 0 Å². The molecule has 6 rings (SSSR count). The number of aryl methyl sites for hydroxylation is 1. The minimum atomic E-state index is 0.119. The third-order valence-corrected chi connectivity index (χ3v) is 7.97. The summed E-state index contributed by atoms with van der Waals surface area (Å²) in [6.07, 6.45) is 8.94. The van der Waals surface area contributed by atoms with Crippen molar-refractivity contribution in [2.45, 2.75) is 51.1 Å². The van der Waals surface area contributed by atoms with Crippen LogP contribution < -0.4 is 4.90 Å². The van der Waals surface area contributed by atoms with Gasteiger partial charge in [-0.15, -0.1) is 0 Å². The van der Waals surface area contributed by atoms with Crippen LogP contribution in [0, 0.1) is 0 Å². The maximum Gasteiger partial charge on any atom is 0.179 e. The summed E-state index contributed by atoms with van der Waals surface area (Å²) in [5.74, 6) is 0.119.